The maximum atomic E-state index is 13.6. The first-order valence-corrected chi connectivity index (χ1v) is 13.2. The third-order valence-corrected chi connectivity index (χ3v) is 7.56. The van der Waals surface area contributed by atoms with Gasteiger partial charge in [0.1, 0.15) is 12.2 Å². The number of carboxylic acid groups (broad SMARTS) is 1. The lowest BCUT2D eigenvalue weighted by molar-refractivity contribution is -0.288. The highest BCUT2D eigenvalue weighted by Gasteiger charge is 2.55. The van der Waals surface area contributed by atoms with E-state index in [-0.39, 0.29) is 0 Å². The minimum Gasteiger partial charge on any atom is -0.504 e. The molecule has 3 heterocycles. The number of aliphatic hydroxyl groups is 3. The zero-order chi connectivity index (χ0) is 33.8. The Labute approximate surface area is 254 Å². The lowest BCUT2D eigenvalue weighted by atomic mass is 9.76. The monoisotopic (exact) mass is 652 g/mol. The molecule has 0 amide bonds. The van der Waals surface area contributed by atoms with Crippen molar-refractivity contribution >= 4 is 29.8 Å². The fourth-order valence-corrected chi connectivity index (χ4v) is 5.40. The van der Waals surface area contributed by atoms with Gasteiger partial charge >= 0.3 is 29.8 Å². The Morgan fingerprint density at radius 3 is 2.09 bits per heavy atom. The fraction of sp³-hybridized carbons (Fsp3) is 0.370. The fourth-order valence-electron chi connectivity index (χ4n) is 5.40. The van der Waals surface area contributed by atoms with Gasteiger partial charge in [-0.15, -0.1) is 0 Å². The van der Waals surface area contributed by atoms with E-state index < -0.39 is 143 Å². The van der Waals surface area contributed by atoms with Gasteiger partial charge < -0.3 is 69.6 Å². The second-order valence-corrected chi connectivity index (χ2v) is 10.4. The first-order chi connectivity index (χ1) is 21.6. The molecular weight excluding hydrogens is 628 g/mol. The molecule has 3 aliphatic heterocycles. The molecule has 19 heteroatoms. The minimum atomic E-state index is -2.35. The van der Waals surface area contributed by atoms with Crippen molar-refractivity contribution in [3.8, 4) is 34.5 Å². The third kappa shape index (κ3) is 5.40. The van der Waals surface area contributed by atoms with Crippen LogP contribution in [-0.2, 0) is 33.3 Å². The maximum Gasteiger partial charge on any atom is 0.341 e. The summed E-state index contributed by atoms with van der Waals surface area (Å²) in [5.74, 6) is -17.6. The van der Waals surface area contributed by atoms with Crippen molar-refractivity contribution in [2.45, 2.75) is 49.1 Å². The van der Waals surface area contributed by atoms with Crippen LogP contribution >= 0.6 is 0 Å². The molecule has 1 fully saturated rings. The van der Waals surface area contributed by atoms with Crippen molar-refractivity contribution in [1.82, 2.24) is 0 Å². The summed E-state index contributed by atoms with van der Waals surface area (Å²) in [4.78, 5) is 64.4. The summed E-state index contributed by atoms with van der Waals surface area (Å²) >= 11 is 0. The van der Waals surface area contributed by atoms with Gasteiger partial charge in [0, 0.05) is 11.5 Å². The minimum absolute atomic E-state index is 0.573. The molecule has 8 atom stereocenters. The largest absolute Gasteiger partial charge is 0.504 e. The van der Waals surface area contributed by atoms with E-state index in [4.69, 9.17) is 23.7 Å². The molecule has 3 aliphatic rings. The number of hydrogen-bond donors (Lipinski definition) is 9. The van der Waals surface area contributed by atoms with Gasteiger partial charge in [0.05, 0.1) is 30.1 Å². The average molecular weight is 652 g/mol. The van der Waals surface area contributed by atoms with Crippen LogP contribution < -0.4 is 4.74 Å². The first kappa shape index (κ1) is 32.0. The van der Waals surface area contributed by atoms with Crippen LogP contribution in [0.4, 0.5) is 0 Å². The molecule has 0 aromatic heterocycles. The van der Waals surface area contributed by atoms with Crippen LogP contribution in [0, 0.1) is 5.92 Å². The molecule has 0 aliphatic carbocycles. The lowest BCUT2D eigenvalue weighted by Crippen LogP contribution is -2.62. The Balaban J connectivity index is 1.64. The van der Waals surface area contributed by atoms with E-state index in [1.165, 1.54) is 0 Å². The number of hydrogen-bond acceptors (Lipinski definition) is 18. The molecule has 9 N–H and O–H groups in total. The van der Waals surface area contributed by atoms with Crippen LogP contribution in [0.1, 0.15) is 38.6 Å². The Bertz CT molecular complexity index is 1610. The maximum absolute atomic E-state index is 13.6. The number of ether oxygens (including phenoxy) is 5. The van der Waals surface area contributed by atoms with Gasteiger partial charge in [0.2, 0.25) is 12.0 Å². The van der Waals surface area contributed by atoms with E-state index in [0.29, 0.717) is 18.2 Å². The van der Waals surface area contributed by atoms with Gasteiger partial charge in [-0.3, -0.25) is 9.59 Å². The van der Waals surface area contributed by atoms with Crippen molar-refractivity contribution in [1.29, 1.82) is 0 Å². The summed E-state index contributed by atoms with van der Waals surface area (Å²) in [5, 5.41) is 91.4. The Hall–Kier alpha value is -5.37. The second kappa shape index (κ2) is 11.9. The Morgan fingerprint density at radius 2 is 1.48 bits per heavy atom. The van der Waals surface area contributed by atoms with Crippen LogP contribution in [0.25, 0.3) is 0 Å². The first-order valence-electron chi connectivity index (χ1n) is 13.2. The molecule has 1 saturated heterocycles. The second-order valence-electron chi connectivity index (χ2n) is 10.4. The third-order valence-electron chi connectivity index (χ3n) is 7.56. The van der Waals surface area contributed by atoms with Crippen LogP contribution in [-0.4, -0.2) is 119 Å². The van der Waals surface area contributed by atoms with E-state index >= 15 is 0 Å². The van der Waals surface area contributed by atoms with Crippen molar-refractivity contribution in [2.24, 2.45) is 5.92 Å². The Kier molecular flexibility index (Phi) is 8.26. The summed E-state index contributed by atoms with van der Waals surface area (Å²) in [6, 6.07) is 1.92. The molecule has 0 spiro atoms. The van der Waals surface area contributed by atoms with E-state index in [1.807, 2.05) is 0 Å². The lowest BCUT2D eigenvalue weighted by Gasteiger charge is -2.42. The van der Waals surface area contributed by atoms with E-state index in [0.717, 1.165) is 0 Å². The number of esters is 4. The quantitative estimate of drug-likeness (QED) is 0.0733. The number of carbonyl (C=O) groups excluding carboxylic acids is 4. The predicted molar refractivity (Wildman–Crippen MR) is 138 cm³/mol. The van der Waals surface area contributed by atoms with E-state index in [1.54, 1.807) is 0 Å². The molecule has 2 aromatic rings. The summed E-state index contributed by atoms with van der Waals surface area (Å²) in [6.07, 6.45) is -13.7. The number of fused-ring (bicyclic) bond motifs is 2. The number of phenolic OH excluding ortho intramolecular Hbond substituents is 5. The molecular formula is C27H24O19. The SMILES string of the molecule is O=C(O)C[C@@H]1C(=O)O[C@H]2C(O)[C@@H](OC(=O)c3cc(O)c(O)c4c3[C@H]1[C@H](O)C(=O)O4)[C@H](OC(=O)c1cc(O)c(O)c(O)c1)O[C@@H]2CO. The molecule has 0 saturated carbocycles. The van der Waals surface area contributed by atoms with E-state index in [2.05, 4.69) is 0 Å². The molecule has 0 radical (unpaired) electrons. The number of aliphatic carboxylic acids is 1. The highest BCUT2D eigenvalue weighted by atomic mass is 16.7. The van der Waals surface area contributed by atoms with Gasteiger partial charge in [0.25, 0.3) is 0 Å². The van der Waals surface area contributed by atoms with Crippen LogP contribution in [0.3, 0.4) is 0 Å². The number of phenols is 5. The van der Waals surface area contributed by atoms with Gasteiger partial charge in [-0.2, -0.15) is 0 Å². The molecule has 19 nitrogen and oxygen atoms in total. The van der Waals surface area contributed by atoms with Gasteiger partial charge in [-0.25, -0.2) is 14.4 Å². The zero-order valence-corrected chi connectivity index (χ0v) is 22.9. The predicted octanol–water partition coefficient (Wildman–Crippen LogP) is -1.95. The number of rotatable bonds is 5. The zero-order valence-electron chi connectivity index (χ0n) is 22.9. The van der Waals surface area contributed by atoms with Crippen LogP contribution in [0.2, 0.25) is 0 Å². The van der Waals surface area contributed by atoms with Crippen LogP contribution in [0.5, 0.6) is 34.5 Å². The van der Waals surface area contributed by atoms with Crippen LogP contribution in [0.15, 0.2) is 18.2 Å². The summed E-state index contributed by atoms with van der Waals surface area (Å²) < 4.78 is 26.2. The number of aliphatic hydroxyl groups excluding tert-OH is 3. The molecule has 2 aromatic carbocycles. The topological polar surface area (TPSA) is 314 Å². The van der Waals surface area contributed by atoms with Gasteiger partial charge in [-0.05, 0) is 18.2 Å². The van der Waals surface area contributed by atoms with Crippen molar-refractivity contribution in [3.63, 3.8) is 0 Å². The normalized spacial score (nSPS) is 28.9. The Morgan fingerprint density at radius 1 is 0.848 bits per heavy atom. The number of carboxylic acids is 1. The summed E-state index contributed by atoms with van der Waals surface area (Å²) in [5.41, 5.74) is -2.06. The van der Waals surface area contributed by atoms with Crippen molar-refractivity contribution in [3.05, 3.63) is 34.9 Å². The standard InChI is InChI=1S/C27H24O19/c28-5-12-20-19(37)22(27(42-12)46-23(38)6-1-9(29)16(34)10(30)2-6)45-24(39)7-3-11(31)17(35)21-15(7)14(18(36)26(41)44-21)8(4-13(32)33)25(40)43-20/h1-3,8,12,14,18-20,22,27-31,34-37H,4-5H2,(H,32,33)/t8-,12+,14-,18-,19?,20+,22+,27-/m0/s1. The van der Waals surface area contributed by atoms with Crippen molar-refractivity contribution in [2.75, 3.05) is 6.61 Å². The molecule has 5 rings (SSSR count). The summed E-state index contributed by atoms with van der Waals surface area (Å²) in [7, 11) is 0. The smallest absolute Gasteiger partial charge is 0.341 e. The number of carbonyl (C=O) groups is 5. The van der Waals surface area contributed by atoms with Gasteiger partial charge in [-0.1, -0.05) is 0 Å². The molecule has 2 bridgehead atoms. The number of benzene rings is 2. The summed E-state index contributed by atoms with van der Waals surface area (Å²) in [6.45, 7) is -1.06. The molecule has 246 valence electrons. The average Bonchev–Trinajstić information content (AvgIpc) is 3.00. The number of aromatic hydroxyl groups is 5. The highest BCUT2D eigenvalue weighted by molar-refractivity contribution is 5.97. The van der Waals surface area contributed by atoms with E-state index in [9.17, 15) is 69.9 Å². The van der Waals surface area contributed by atoms with Gasteiger partial charge in [0.15, 0.2) is 47.1 Å². The van der Waals surface area contributed by atoms with Crippen molar-refractivity contribution < 1.29 is 93.6 Å². The molecule has 46 heavy (non-hydrogen) atoms. The highest BCUT2D eigenvalue weighted by Crippen LogP contribution is 2.51. The molecule has 1 unspecified atom stereocenters.